The summed E-state index contributed by atoms with van der Waals surface area (Å²) in [6, 6.07) is 0. The van der Waals surface area contributed by atoms with Gasteiger partial charge in [0, 0.05) is 0 Å². The first-order valence-electron chi connectivity index (χ1n) is 5.82. The van der Waals surface area contributed by atoms with Gasteiger partial charge in [-0.2, -0.15) is 0 Å². The Morgan fingerprint density at radius 2 is 2.31 bits per heavy atom. The van der Waals surface area contributed by atoms with Gasteiger partial charge in [0.1, 0.15) is 18.2 Å². The second-order valence-electron chi connectivity index (χ2n) is 4.07. The van der Waals surface area contributed by atoms with E-state index in [-0.39, 0.29) is 0 Å². The Hall–Kier alpha value is -1.36. The molecule has 0 amide bonds. The lowest BCUT2D eigenvalue weighted by Crippen LogP contribution is -2.26. The number of aromatic nitrogens is 2. The zero-order valence-electron chi connectivity index (χ0n) is 9.57. The normalized spacial score (nSPS) is 15.6. The molecule has 0 saturated heterocycles. The average molecular weight is 222 g/mol. The van der Waals surface area contributed by atoms with Gasteiger partial charge in [0.05, 0.1) is 5.56 Å². The van der Waals surface area contributed by atoms with Crippen molar-refractivity contribution >= 4 is 5.82 Å². The van der Waals surface area contributed by atoms with Crippen LogP contribution < -0.4 is 16.0 Å². The second kappa shape index (κ2) is 5.12. The number of hydrogen-bond acceptors (Lipinski definition) is 5. The fourth-order valence-corrected chi connectivity index (χ4v) is 1.74. The Morgan fingerprint density at radius 3 is 2.88 bits per heavy atom. The van der Waals surface area contributed by atoms with Crippen LogP contribution in [0.4, 0.5) is 5.82 Å². The highest BCUT2D eigenvalue weighted by molar-refractivity contribution is 5.47. The summed E-state index contributed by atoms with van der Waals surface area (Å²) in [6.07, 6.45) is 7.22. The van der Waals surface area contributed by atoms with Gasteiger partial charge in [-0.15, -0.1) is 0 Å². The number of nitrogens with zero attached hydrogens (tertiary/aromatic N) is 2. The maximum Gasteiger partial charge on any atom is 0.222 e. The molecule has 0 atom stereocenters. The first kappa shape index (κ1) is 11.1. The van der Waals surface area contributed by atoms with Crippen LogP contribution in [0, 0.1) is 0 Å². The molecule has 1 fully saturated rings. The Balaban J connectivity index is 2.19. The van der Waals surface area contributed by atoms with Gasteiger partial charge in [-0.1, -0.05) is 13.3 Å². The SMILES string of the molecule is CCCc1c(NN)ncnc1OC1CCC1. The molecule has 0 bridgehead atoms. The standard InChI is InChI=1S/C11H18N4O/c1-2-4-9-10(15-12)13-7-14-11(9)16-8-5-3-6-8/h7-8H,2-6,12H2,1H3,(H,13,14,15). The van der Waals surface area contributed by atoms with E-state index in [0.29, 0.717) is 17.8 Å². The van der Waals surface area contributed by atoms with Crippen molar-refractivity contribution in [3.8, 4) is 5.88 Å². The summed E-state index contributed by atoms with van der Waals surface area (Å²) in [5.74, 6) is 6.79. The molecule has 1 aromatic rings. The minimum atomic E-state index is 0.330. The third kappa shape index (κ3) is 2.24. The van der Waals surface area contributed by atoms with E-state index in [1.165, 1.54) is 12.7 Å². The molecule has 1 aliphatic carbocycles. The zero-order chi connectivity index (χ0) is 11.4. The van der Waals surface area contributed by atoms with Crippen LogP contribution in [0.1, 0.15) is 38.2 Å². The quantitative estimate of drug-likeness (QED) is 0.585. The van der Waals surface area contributed by atoms with Crippen LogP contribution >= 0.6 is 0 Å². The van der Waals surface area contributed by atoms with Crippen molar-refractivity contribution in [2.45, 2.75) is 45.1 Å². The van der Waals surface area contributed by atoms with Gasteiger partial charge in [0.25, 0.3) is 0 Å². The minimum Gasteiger partial charge on any atom is -0.474 e. The van der Waals surface area contributed by atoms with E-state index in [1.54, 1.807) is 0 Å². The monoisotopic (exact) mass is 222 g/mol. The molecular weight excluding hydrogens is 204 g/mol. The lowest BCUT2D eigenvalue weighted by Gasteiger charge is -2.26. The largest absolute Gasteiger partial charge is 0.474 e. The number of hydrazine groups is 1. The number of anilines is 1. The number of rotatable bonds is 5. The van der Waals surface area contributed by atoms with Crippen LogP contribution in [-0.2, 0) is 6.42 Å². The summed E-state index contributed by atoms with van der Waals surface area (Å²) in [4.78, 5) is 8.30. The predicted molar refractivity (Wildman–Crippen MR) is 62.1 cm³/mol. The average Bonchev–Trinajstić information content (AvgIpc) is 2.25. The van der Waals surface area contributed by atoms with Gasteiger partial charge in [-0.25, -0.2) is 15.8 Å². The summed E-state index contributed by atoms with van der Waals surface area (Å²) >= 11 is 0. The Labute approximate surface area is 95.4 Å². The number of nitrogens with one attached hydrogen (secondary N) is 1. The summed E-state index contributed by atoms with van der Waals surface area (Å²) in [5, 5.41) is 0. The Kier molecular flexibility index (Phi) is 3.56. The molecule has 0 aromatic carbocycles. The molecule has 16 heavy (non-hydrogen) atoms. The molecule has 1 aliphatic rings. The molecule has 0 unspecified atom stereocenters. The molecule has 0 radical (unpaired) electrons. The van der Waals surface area contributed by atoms with E-state index in [9.17, 15) is 0 Å². The first-order valence-corrected chi connectivity index (χ1v) is 5.82. The number of nitrogen functional groups attached to an aromatic ring is 1. The topological polar surface area (TPSA) is 73.1 Å². The fourth-order valence-electron chi connectivity index (χ4n) is 1.74. The zero-order valence-corrected chi connectivity index (χ0v) is 9.57. The third-order valence-corrected chi connectivity index (χ3v) is 2.87. The third-order valence-electron chi connectivity index (χ3n) is 2.87. The smallest absolute Gasteiger partial charge is 0.222 e. The van der Waals surface area contributed by atoms with Crippen molar-refractivity contribution < 1.29 is 4.74 Å². The molecule has 0 spiro atoms. The van der Waals surface area contributed by atoms with Gasteiger partial charge < -0.3 is 10.2 Å². The lowest BCUT2D eigenvalue weighted by molar-refractivity contribution is 0.113. The summed E-state index contributed by atoms with van der Waals surface area (Å²) in [5.41, 5.74) is 3.58. The highest BCUT2D eigenvalue weighted by Crippen LogP contribution is 2.29. The maximum absolute atomic E-state index is 5.83. The highest BCUT2D eigenvalue weighted by Gasteiger charge is 2.22. The van der Waals surface area contributed by atoms with E-state index >= 15 is 0 Å². The molecule has 88 valence electrons. The number of ether oxygens (including phenoxy) is 1. The van der Waals surface area contributed by atoms with Gasteiger partial charge in [0.2, 0.25) is 5.88 Å². The summed E-state index contributed by atoms with van der Waals surface area (Å²) < 4.78 is 5.83. The predicted octanol–water partition coefficient (Wildman–Crippen LogP) is 1.65. The molecular formula is C11H18N4O. The Morgan fingerprint density at radius 1 is 1.50 bits per heavy atom. The molecule has 1 aromatic heterocycles. The van der Waals surface area contributed by atoms with Gasteiger partial charge in [0.15, 0.2) is 0 Å². The molecule has 3 N–H and O–H groups in total. The summed E-state index contributed by atoms with van der Waals surface area (Å²) in [6.45, 7) is 2.11. The van der Waals surface area contributed by atoms with Crippen LogP contribution in [0.3, 0.4) is 0 Å². The van der Waals surface area contributed by atoms with Crippen LogP contribution in [0.25, 0.3) is 0 Å². The minimum absolute atomic E-state index is 0.330. The van der Waals surface area contributed by atoms with E-state index in [1.807, 2.05) is 0 Å². The van der Waals surface area contributed by atoms with Gasteiger partial charge in [-0.3, -0.25) is 0 Å². The van der Waals surface area contributed by atoms with Crippen LogP contribution in [0.2, 0.25) is 0 Å². The lowest BCUT2D eigenvalue weighted by atomic mass is 9.96. The van der Waals surface area contributed by atoms with Crippen molar-refractivity contribution in [2.75, 3.05) is 5.43 Å². The number of hydrogen-bond donors (Lipinski definition) is 2. The number of nitrogens with two attached hydrogens (primary N) is 1. The van der Waals surface area contributed by atoms with Crippen LogP contribution in [-0.4, -0.2) is 16.1 Å². The molecule has 5 heteroatoms. The van der Waals surface area contributed by atoms with Crippen molar-refractivity contribution in [2.24, 2.45) is 5.84 Å². The molecule has 1 saturated carbocycles. The highest BCUT2D eigenvalue weighted by atomic mass is 16.5. The van der Waals surface area contributed by atoms with E-state index < -0.39 is 0 Å². The van der Waals surface area contributed by atoms with E-state index in [2.05, 4.69) is 22.3 Å². The van der Waals surface area contributed by atoms with Gasteiger partial charge in [-0.05, 0) is 25.7 Å². The van der Waals surface area contributed by atoms with Crippen LogP contribution in [0.15, 0.2) is 6.33 Å². The van der Waals surface area contributed by atoms with E-state index in [0.717, 1.165) is 31.2 Å². The van der Waals surface area contributed by atoms with Crippen molar-refractivity contribution in [3.63, 3.8) is 0 Å². The second-order valence-corrected chi connectivity index (χ2v) is 4.07. The molecule has 2 rings (SSSR count). The molecule has 5 nitrogen and oxygen atoms in total. The first-order chi connectivity index (χ1) is 7.85. The maximum atomic E-state index is 5.83. The van der Waals surface area contributed by atoms with Crippen molar-refractivity contribution in [1.29, 1.82) is 0 Å². The van der Waals surface area contributed by atoms with Crippen molar-refractivity contribution in [3.05, 3.63) is 11.9 Å². The van der Waals surface area contributed by atoms with Gasteiger partial charge >= 0.3 is 0 Å². The summed E-state index contributed by atoms with van der Waals surface area (Å²) in [7, 11) is 0. The van der Waals surface area contributed by atoms with E-state index in [4.69, 9.17) is 10.6 Å². The van der Waals surface area contributed by atoms with Crippen molar-refractivity contribution in [1.82, 2.24) is 9.97 Å². The molecule has 0 aliphatic heterocycles. The molecule has 1 heterocycles. The fraction of sp³-hybridized carbons (Fsp3) is 0.636. The van der Waals surface area contributed by atoms with Crippen LogP contribution in [0.5, 0.6) is 5.88 Å². The Bertz CT molecular complexity index is 352.